The zero-order valence-electron chi connectivity index (χ0n) is 21.0. The van der Waals surface area contributed by atoms with Gasteiger partial charge >= 0.3 is 5.97 Å². The maximum Gasteiger partial charge on any atom is 0.345 e. The van der Waals surface area contributed by atoms with E-state index in [-0.39, 0.29) is 29.3 Å². The second kappa shape index (κ2) is 10.1. The monoisotopic (exact) mass is 545 g/mol. The fraction of sp³-hybridized carbons (Fsp3) is 0.250. The number of amides is 1. The molecular formula is C28H24ClN5O5. The third kappa shape index (κ3) is 4.73. The van der Waals surface area contributed by atoms with Crippen LogP contribution in [0.15, 0.2) is 67.0 Å². The molecule has 2 unspecified atom stereocenters. The average Bonchev–Trinajstić information content (AvgIpc) is 3.52. The summed E-state index contributed by atoms with van der Waals surface area (Å²) in [6.07, 6.45) is 3.93. The fourth-order valence-electron chi connectivity index (χ4n) is 5.00. The van der Waals surface area contributed by atoms with E-state index in [9.17, 15) is 9.59 Å². The van der Waals surface area contributed by atoms with Gasteiger partial charge in [-0.3, -0.25) is 9.78 Å². The number of aromatic nitrogens is 4. The summed E-state index contributed by atoms with van der Waals surface area (Å²) < 4.78 is 19.0. The van der Waals surface area contributed by atoms with Crippen molar-refractivity contribution in [2.75, 3.05) is 18.5 Å². The molecule has 6 rings (SSSR count). The average molecular weight is 546 g/mol. The van der Waals surface area contributed by atoms with Gasteiger partial charge in [-0.05, 0) is 49.2 Å². The number of nitrogens with one attached hydrogen (secondary N) is 1. The molecule has 2 aromatic carbocycles. The molecule has 1 amide bonds. The van der Waals surface area contributed by atoms with E-state index in [2.05, 4.69) is 20.6 Å². The molecule has 11 heteroatoms. The van der Waals surface area contributed by atoms with Crippen molar-refractivity contribution in [3.05, 3.63) is 94.5 Å². The minimum atomic E-state index is -0.756. The van der Waals surface area contributed by atoms with E-state index < -0.39 is 11.4 Å². The molecule has 0 bridgehead atoms. The molecule has 0 radical (unpaired) electrons. The minimum Gasteiger partial charge on any atom is -0.487 e. The van der Waals surface area contributed by atoms with Crippen LogP contribution in [0.5, 0.6) is 11.5 Å². The Hall–Kier alpha value is -4.28. The number of carbonyl (C=O) groups is 2. The summed E-state index contributed by atoms with van der Waals surface area (Å²) in [6.45, 7) is 2.59. The summed E-state index contributed by atoms with van der Waals surface area (Å²) in [7, 11) is 0. The van der Waals surface area contributed by atoms with Crippen molar-refractivity contribution in [1.29, 1.82) is 0 Å². The molecule has 2 aromatic heterocycles. The maximum atomic E-state index is 13.0. The number of hydrogen-bond donors (Lipinski definition) is 1. The van der Waals surface area contributed by atoms with Crippen LogP contribution < -0.4 is 14.8 Å². The second-order valence-electron chi connectivity index (χ2n) is 9.55. The number of hydrogen-bond acceptors (Lipinski definition) is 8. The molecule has 198 valence electrons. The van der Waals surface area contributed by atoms with Crippen molar-refractivity contribution < 1.29 is 23.8 Å². The highest BCUT2D eigenvalue weighted by molar-refractivity contribution is 6.32. The number of nitrogens with zero attached hydrogens (tertiary/aromatic N) is 4. The summed E-state index contributed by atoms with van der Waals surface area (Å²) in [6, 6.07) is 15.6. The highest BCUT2D eigenvalue weighted by Gasteiger charge is 2.50. The zero-order valence-corrected chi connectivity index (χ0v) is 21.7. The van der Waals surface area contributed by atoms with Gasteiger partial charge in [-0.25, -0.2) is 9.48 Å². The number of para-hydroxylation sites is 1. The van der Waals surface area contributed by atoms with Crippen LogP contribution in [0.25, 0.3) is 0 Å². The predicted octanol–water partition coefficient (Wildman–Crippen LogP) is 4.28. The second-order valence-corrected chi connectivity index (χ2v) is 9.96. The molecule has 1 fully saturated rings. The fourth-order valence-corrected chi connectivity index (χ4v) is 5.16. The Balaban J connectivity index is 1.13. The van der Waals surface area contributed by atoms with Crippen LogP contribution in [0.4, 0.5) is 5.69 Å². The molecule has 4 aromatic rings. The van der Waals surface area contributed by atoms with Gasteiger partial charge in [0.1, 0.15) is 23.5 Å². The molecule has 4 heterocycles. The normalized spacial score (nSPS) is 19.9. The molecule has 2 aliphatic heterocycles. The first-order valence-corrected chi connectivity index (χ1v) is 12.8. The van der Waals surface area contributed by atoms with Gasteiger partial charge in [-0.15, -0.1) is 5.10 Å². The maximum absolute atomic E-state index is 13.0. The van der Waals surface area contributed by atoms with Crippen LogP contribution in [0.2, 0.25) is 5.02 Å². The van der Waals surface area contributed by atoms with Crippen molar-refractivity contribution in [2.45, 2.75) is 31.4 Å². The Kier molecular flexibility index (Phi) is 6.49. The number of ether oxygens (including phenoxy) is 3. The van der Waals surface area contributed by atoms with Gasteiger partial charge in [0.05, 0.1) is 41.7 Å². The van der Waals surface area contributed by atoms with Gasteiger partial charge in [-0.2, -0.15) is 0 Å². The van der Waals surface area contributed by atoms with E-state index in [0.29, 0.717) is 42.3 Å². The first kappa shape index (κ1) is 25.0. The third-order valence-corrected chi connectivity index (χ3v) is 7.33. The molecule has 10 nitrogen and oxygen atoms in total. The predicted molar refractivity (Wildman–Crippen MR) is 141 cm³/mol. The lowest BCUT2D eigenvalue weighted by atomic mass is 9.76. The Bertz CT molecular complexity index is 1570. The van der Waals surface area contributed by atoms with E-state index in [1.54, 1.807) is 54.3 Å². The number of halogens is 1. The van der Waals surface area contributed by atoms with Gasteiger partial charge in [0.2, 0.25) is 5.91 Å². The van der Waals surface area contributed by atoms with Crippen molar-refractivity contribution in [3.8, 4) is 11.5 Å². The number of anilines is 1. The number of fused-ring (bicyclic) bond motifs is 2. The Morgan fingerprint density at radius 1 is 1.23 bits per heavy atom. The Morgan fingerprint density at radius 2 is 2.10 bits per heavy atom. The first-order chi connectivity index (χ1) is 18.9. The third-order valence-electron chi connectivity index (χ3n) is 7.02. The molecule has 0 aliphatic carbocycles. The molecule has 0 saturated carbocycles. The van der Waals surface area contributed by atoms with E-state index in [0.717, 1.165) is 11.3 Å². The van der Waals surface area contributed by atoms with Crippen LogP contribution >= 0.6 is 11.6 Å². The van der Waals surface area contributed by atoms with E-state index in [1.165, 1.54) is 0 Å². The molecule has 39 heavy (non-hydrogen) atoms. The number of benzene rings is 2. The molecule has 1 saturated heterocycles. The standard InChI is InChI=1S/C28H24ClN5O5/c1-17-21(5-4-10-30-17)26(35)39-25-11-20(8-9-23(25)29)38-14-18-13-34(33-32-18)19-12-28(16-37-15-19)22-6-2-3-7-24(22)31-27(28)36/h2-11,13,19H,12,14-16H2,1H3,(H,31,36). The zero-order chi connectivity index (χ0) is 27.0. The van der Waals surface area contributed by atoms with Crippen molar-refractivity contribution in [1.82, 2.24) is 20.0 Å². The Morgan fingerprint density at radius 3 is 2.97 bits per heavy atom. The number of rotatable bonds is 6. The first-order valence-electron chi connectivity index (χ1n) is 12.4. The van der Waals surface area contributed by atoms with E-state index in [4.69, 9.17) is 25.8 Å². The summed E-state index contributed by atoms with van der Waals surface area (Å²) in [5.41, 5.74) is 2.51. The highest BCUT2D eigenvalue weighted by atomic mass is 35.5. The number of pyridine rings is 1. The van der Waals surface area contributed by atoms with Crippen molar-refractivity contribution in [3.63, 3.8) is 0 Å². The summed E-state index contributed by atoms with van der Waals surface area (Å²) >= 11 is 6.25. The van der Waals surface area contributed by atoms with Gasteiger partial charge in [-0.1, -0.05) is 35.0 Å². The molecule has 1 spiro atoms. The van der Waals surface area contributed by atoms with Crippen LogP contribution in [-0.2, 0) is 21.6 Å². The van der Waals surface area contributed by atoms with Crippen LogP contribution in [0.3, 0.4) is 0 Å². The highest BCUT2D eigenvalue weighted by Crippen LogP contribution is 2.45. The lowest BCUT2D eigenvalue weighted by molar-refractivity contribution is -0.127. The lowest BCUT2D eigenvalue weighted by Crippen LogP contribution is -2.46. The Labute approximate surface area is 228 Å². The van der Waals surface area contributed by atoms with Gasteiger partial charge in [0.15, 0.2) is 5.75 Å². The quantitative estimate of drug-likeness (QED) is 0.282. The lowest BCUT2D eigenvalue weighted by Gasteiger charge is -2.36. The van der Waals surface area contributed by atoms with E-state index in [1.807, 2.05) is 24.3 Å². The van der Waals surface area contributed by atoms with Gasteiger partial charge in [0, 0.05) is 18.0 Å². The van der Waals surface area contributed by atoms with Gasteiger partial charge < -0.3 is 19.5 Å². The molecular weight excluding hydrogens is 522 g/mol. The summed E-state index contributed by atoms with van der Waals surface area (Å²) in [4.78, 5) is 29.7. The summed E-state index contributed by atoms with van der Waals surface area (Å²) in [5, 5.41) is 11.8. The summed E-state index contributed by atoms with van der Waals surface area (Å²) in [5.74, 6) is -0.00618. The van der Waals surface area contributed by atoms with Crippen molar-refractivity contribution in [2.24, 2.45) is 0 Å². The SMILES string of the molecule is Cc1ncccc1C(=O)Oc1cc(OCc2cn(C3COCC4(C3)C(=O)Nc3ccccc34)nn2)ccc1Cl. The molecule has 2 aliphatic rings. The largest absolute Gasteiger partial charge is 0.487 e. The van der Waals surface area contributed by atoms with Crippen LogP contribution in [0.1, 0.15) is 39.8 Å². The molecule has 1 N–H and O–H groups in total. The van der Waals surface area contributed by atoms with E-state index >= 15 is 0 Å². The smallest absolute Gasteiger partial charge is 0.345 e. The van der Waals surface area contributed by atoms with Crippen molar-refractivity contribution >= 4 is 29.2 Å². The van der Waals surface area contributed by atoms with Gasteiger partial charge in [0.25, 0.3) is 0 Å². The van der Waals surface area contributed by atoms with Crippen LogP contribution in [-0.4, -0.2) is 45.1 Å². The molecule has 2 atom stereocenters. The topological polar surface area (TPSA) is 117 Å². The minimum absolute atomic E-state index is 0.0602. The van der Waals surface area contributed by atoms with Crippen LogP contribution in [0, 0.1) is 6.92 Å². The number of carbonyl (C=O) groups excluding carboxylic acids is 2. The number of esters is 1. The number of aryl methyl sites for hydroxylation is 1.